The van der Waals surface area contributed by atoms with E-state index in [9.17, 15) is 5.11 Å². The molecule has 5 heteroatoms. The van der Waals surface area contributed by atoms with Gasteiger partial charge in [0.2, 0.25) is 0 Å². The molecule has 1 aromatic heterocycles. The Labute approximate surface area is 119 Å². The highest BCUT2D eigenvalue weighted by atomic mass is 79.9. The summed E-state index contributed by atoms with van der Waals surface area (Å²) >= 11 is 9.28. The van der Waals surface area contributed by atoms with Gasteiger partial charge in [0.15, 0.2) is 5.15 Å². The summed E-state index contributed by atoms with van der Waals surface area (Å²) in [6.45, 7) is 2.58. The Bertz CT molecular complexity index is 575. The Hall–Kier alpha value is -1.26. The highest BCUT2D eigenvalue weighted by Gasteiger charge is 2.03. The molecule has 0 spiro atoms. The van der Waals surface area contributed by atoms with Crippen LogP contribution in [0, 0.1) is 6.92 Å². The molecule has 2 N–H and O–H groups in total. The lowest BCUT2D eigenvalue weighted by Gasteiger charge is -2.09. The minimum absolute atomic E-state index is 0.231. The molecule has 0 saturated heterocycles. The minimum atomic E-state index is 0.231. The molecule has 0 saturated carbocycles. The van der Waals surface area contributed by atoms with Gasteiger partial charge >= 0.3 is 0 Å². The van der Waals surface area contributed by atoms with E-state index in [0.29, 0.717) is 16.2 Å². The van der Waals surface area contributed by atoms with E-state index in [1.165, 1.54) is 0 Å². The molecule has 0 radical (unpaired) electrons. The van der Waals surface area contributed by atoms with Gasteiger partial charge in [0, 0.05) is 12.7 Å². The predicted molar refractivity (Wildman–Crippen MR) is 77.1 cm³/mol. The second kappa shape index (κ2) is 5.59. The van der Waals surface area contributed by atoms with Crippen molar-refractivity contribution in [1.29, 1.82) is 0 Å². The number of benzene rings is 1. The van der Waals surface area contributed by atoms with Crippen LogP contribution in [0.15, 0.2) is 34.9 Å². The Kier molecular flexibility index (Phi) is 4.09. The summed E-state index contributed by atoms with van der Waals surface area (Å²) in [5.41, 5.74) is 2.90. The van der Waals surface area contributed by atoms with Gasteiger partial charge in [-0.1, -0.05) is 17.7 Å². The fourth-order valence-corrected chi connectivity index (χ4v) is 2.13. The molecule has 0 unspecified atom stereocenters. The zero-order chi connectivity index (χ0) is 13.1. The SMILES string of the molecule is Cc1cnc(Cl)c(NCc2ccc(O)c(Br)c2)c1. The molecule has 0 amide bonds. The number of nitrogens with zero attached hydrogens (tertiary/aromatic N) is 1. The van der Waals surface area contributed by atoms with Crippen molar-refractivity contribution in [3.05, 3.63) is 51.2 Å². The van der Waals surface area contributed by atoms with Crippen LogP contribution in [0.4, 0.5) is 5.69 Å². The van der Waals surface area contributed by atoms with E-state index in [4.69, 9.17) is 11.6 Å². The van der Waals surface area contributed by atoms with Crippen LogP contribution in [0.3, 0.4) is 0 Å². The molecular formula is C13H12BrClN2O. The van der Waals surface area contributed by atoms with E-state index in [1.54, 1.807) is 12.3 Å². The fourth-order valence-electron chi connectivity index (χ4n) is 1.53. The molecule has 0 fully saturated rings. The van der Waals surface area contributed by atoms with Crippen LogP contribution >= 0.6 is 27.5 Å². The predicted octanol–water partition coefficient (Wildman–Crippen LogP) is 4.12. The lowest BCUT2D eigenvalue weighted by molar-refractivity contribution is 0.471. The average Bonchev–Trinajstić information content (AvgIpc) is 2.34. The molecule has 0 aliphatic heterocycles. The largest absolute Gasteiger partial charge is 0.507 e. The van der Waals surface area contributed by atoms with Gasteiger partial charge in [0.25, 0.3) is 0 Å². The third-order valence-electron chi connectivity index (χ3n) is 2.47. The topological polar surface area (TPSA) is 45.2 Å². The average molecular weight is 328 g/mol. The summed E-state index contributed by atoms with van der Waals surface area (Å²) in [6, 6.07) is 7.31. The number of anilines is 1. The quantitative estimate of drug-likeness (QED) is 0.833. The summed E-state index contributed by atoms with van der Waals surface area (Å²) in [7, 11) is 0. The van der Waals surface area contributed by atoms with Crippen LogP contribution in [0.5, 0.6) is 5.75 Å². The van der Waals surface area contributed by atoms with Crippen LogP contribution < -0.4 is 5.32 Å². The summed E-state index contributed by atoms with van der Waals surface area (Å²) in [4.78, 5) is 4.08. The smallest absolute Gasteiger partial charge is 0.152 e. The maximum absolute atomic E-state index is 9.41. The highest BCUT2D eigenvalue weighted by Crippen LogP contribution is 2.25. The summed E-state index contributed by atoms with van der Waals surface area (Å²) in [5.74, 6) is 0.231. The van der Waals surface area contributed by atoms with Crippen molar-refractivity contribution in [2.75, 3.05) is 5.32 Å². The summed E-state index contributed by atoms with van der Waals surface area (Å²) in [5, 5.41) is 13.1. The van der Waals surface area contributed by atoms with Gasteiger partial charge in [-0.2, -0.15) is 0 Å². The van der Waals surface area contributed by atoms with E-state index in [0.717, 1.165) is 16.8 Å². The maximum Gasteiger partial charge on any atom is 0.152 e. The molecule has 0 aliphatic rings. The molecule has 2 aromatic rings. The fraction of sp³-hybridized carbons (Fsp3) is 0.154. The molecule has 0 atom stereocenters. The number of phenols is 1. The number of aryl methyl sites for hydroxylation is 1. The zero-order valence-corrected chi connectivity index (χ0v) is 12.1. The number of phenolic OH excluding ortho intramolecular Hbond substituents is 1. The van der Waals surface area contributed by atoms with Gasteiger partial charge < -0.3 is 10.4 Å². The molecule has 0 aliphatic carbocycles. The summed E-state index contributed by atoms with van der Waals surface area (Å²) < 4.78 is 0.676. The van der Waals surface area contributed by atoms with E-state index < -0.39 is 0 Å². The first-order chi connectivity index (χ1) is 8.56. The molecule has 3 nitrogen and oxygen atoms in total. The number of pyridine rings is 1. The van der Waals surface area contributed by atoms with E-state index in [1.807, 2.05) is 25.1 Å². The van der Waals surface area contributed by atoms with Crippen LogP contribution in [0.2, 0.25) is 5.15 Å². The van der Waals surface area contributed by atoms with Crippen molar-refractivity contribution in [2.24, 2.45) is 0 Å². The lowest BCUT2D eigenvalue weighted by Crippen LogP contribution is -2.01. The minimum Gasteiger partial charge on any atom is -0.507 e. The first-order valence-corrected chi connectivity index (χ1v) is 6.57. The van der Waals surface area contributed by atoms with Gasteiger partial charge in [-0.3, -0.25) is 0 Å². The third-order valence-corrected chi connectivity index (χ3v) is 3.41. The Morgan fingerprint density at radius 3 is 2.89 bits per heavy atom. The van der Waals surface area contributed by atoms with Crippen LogP contribution in [-0.4, -0.2) is 10.1 Å². The van der Waals surface area contributed by atoms with Crippen molar-refractivity contribution in [1.82, 2.24) is 4.98 Å². The normalized spacial score (nSPS) is 10.4. The first-order valence-electron chi connectivity index (χ1n) is 5.39. The summed E-state index contributed by atoms with van der Waals surface area (Å²) in [6.07, 6.45) is 1.73. The Morgan fingerprint density at radius 1 is 1.39 bits per heavy atom. The molecule has 94 valence electrons. The number of halogens is 2. The number of hydrogen-bond donors (Lipinski definition) is 2. The van der Waals surface area contributed by atoms with Gasteiger partial charge in [0.1, 0.15) is 5.75 Å². The molecule has 1 aromatic carbocycles. The number of aromatic hydroxyl groups is 1. The molecule has 18 heavy (non-hydrogen) atoms. The van der Waals surface area contributed by atoms with Gasteiger partial charge in [-0.25, -0.2) is 4.98 Å². The second-order valence-electron chi connectivity index (χ2n) is 3.99. The van der Waals surface area contributed by atoms with Crippen molar-refractivity contribution in [3.63, 3.8) is 0 Å². The van der Waals surface area contributed by atoms with Crippen LogP contribution in [0.1, 0.15) is 11.1 Å². The number of rotatable bonds is 3. The maximum atomic E-state index is 9.41. The first kappa shape index (κ1) is 13.2. The van der Waals surface area contributed by atoms with Gasteiger partial charge in [-0.15, -0.1) is 0 Å². The van der Waals surface area contributed by atoms with E-state index >= 15 is 0 Å². The molecule has 1 heterocycles. The number of nitrogens with one attached hydrogen (secondary N) is 1. The zero-order valence-electron chi connectivity index (χ0n) is 9.74. The number of hydrogen-bond acceptors (Lipinski definition) is 3. The molecular weight excluding hydrogens is 316 g/mol. The third kappa shape index (κ3) is 3.15. The van der Waals surface area contributed by atoms with Gasteiger partial charge in [0.05, 0.1) is 10.2 Å². The second-order valence-corrected chi connectivity index (χ2v) is 5.20. The number of aromatic nitrogens is 1. The Balaban J connectivity index is 2.11. The van der Waals surface area contributed by atoms with Crippen LogP contribution in [-0.2, 0) is 6.54 Å². The van der Waals surface area contributed by atoms with Crippen molar-refractivity contribution >= 4 is 33.2 Å². The monoisotopic (exact) mass is 326 g/mol. The molecule has 2 rings (SSSR count). The standard InChI is InChI=1S/C13H12BrClN2O/c1-8-4-11(13(15)17-6-8)16-7-9-2-3-12(18)10(14)5-9/h2-6,16,18H,7H2,1H3. The van der Waals surface area contributed by atoms with Crippen molar-refractivity contribution in [2.45, 2.75) is 13.5 Å². The molecule has 0 bridgehead atoms. The van der Waals surface area contributed by atoms with Crippen molar-refractivity contribution in [3.8, 4) is 5.75 Å². The highest BCUT2D eigenvalue weighted by molar-refractivity contribution is 9.10. The van der Waals surface area contributed by atoms with Crippen LogP contribution in [0.25, 0.3) is 0 Å². The Morgan fingerprint density at radius 2 is 2.17 bits per heavy atom. The van der Waals surface area contributed by atoms with Gasteiger partial charge in [-0.05, 0) is 52.2 Å². The lowest BCUT2D eigenvalue weighted by atomic mass is 10.2. The van der Waals surface area contributed by atoms with E-state index in [-0.39, 0.29) is 5.75 Å². The van der Waals surface area contributed by atoms with E-state index in [2.05, 4.69) is 26.2 Å². The van der Waals surface area contributed by atoms with Crippen molar-refractivity contribution < 1.29 is 5.11 Å².